The Bertz CT molecular complexity index is 188. The molecule has 0 amide bonds. The van der Waals surface area contributed by atoms with Crippen LogP contribution in [0.15, 0.2) is 12.2 Å². The molecule has 0 atom stereocenters. The Hall–Kier alpha value is -0.260. The number of rotatable bonds is 2. The summed E-state index contributed by atoms with van der Waals surface area (Å²) in [4.78, 5) is 0. The molecule has 0 aliphatic heterocycles. The fourth-order valence-corrected chi connectivity index (χ4v) is 3.27. The molecule has 92 valence electrons. The maximum absolute atomic E-state index is 2.56. The molecule has 0 aromatic rings. The molecule has 16 heavy (non-hydrogen) atoms. The van der Waals surface area contributed by atoms with E-state index in [1.165, 1.54) is 51.4 Å². The van der Waals surface area contributed by atoms with E-state index < -0.39 is 0 Å². The first-order valence-electron chi connectivity index (χ1n) is 7.42. The van der Waals surface area contributed by atoms with E-state index in [1.54, 1.807) is 0 Å². The highest BCUT2D eigenvalue weighted by Crippen LogP contribution is 2.32. The van der Waals surface area contributed by atoms with Crippen LogP contribution in [0.3, 0.4) is 0 Å². The molecule has 0 spiro atoms. The van der Waals surface area contributed by atoms with Crippen molar-refractivity contribution in [2.24, 2.45) is 23.7 Å². The van der Waals surface area contributed by atoms with Gasteiger partial charge in [-0.2, -0.15) is 0 Å². The van der Waals surface area contributed by atoms with Gasteiger partial charge in [-0.3, -0.25) is 0 Å². The van der Waals surface area contributed by atoms with Crippen LogP contribution in [0.2, 0.25) is 0 Å². The first kappa shape index (κ1) is 12.2. The molecule has 0 N–H and O–H groups in total. The highest BCUT2D eigenvalue weighted by Gasteiger charge is 2.18. The molecule has 0 radical (unpaired) electrons. The fourth-order valence-electron chi connectivity index (χ4n) is 3.27. The average Bonchev–Trinajstić information content (AvgIpc) is 2.30. The molecule has 2 aliphatic rings. The summed E-state index contributed by atoms with van der Waals surface area (Å²) >= 11 is 0. The lowest BCUT2D eigenvalue weighted by Gasteiger charge is -2.26. The monoisotopic (exact) mass is 220 g/mol. The van der Waals surface area contributed by atoms with Gasteiger partial charge < -0.3 is 0 Å². The van der Waals surface area contributed by atoms with Crippen LogP contribution in [-0.2, 0) is 0 Å². The standard InChI is InChI=1S/C16H28/c1-13-3-7-15(8-4-13)11-12-16-9-5-14(2)6-10-16/h11-16H,3-10H2,1-2H3/b12-11+. The Morgan fingerprint density at radius 1 is 0.562 bits per heavy atom. The van der Waals surface area contributed by atoms with Gasteiger partial charge in [0.25, 0.3) is 0 Å². The zero-order valence-corrected chi connectivity index (χ0v) is 11.1. The van der Waals surface area contributed by atoms with Crippen molar-refractivity contribution >= 4 is 0 Å². The molecule has 0 unspecified atom stereocenters. The minimum absolute atomic E-state index is 0.913. The topological polar surface area (TPSA) is 0 Å². The molecule has 2 saturated carbocycles. The Kier molecular flexibility index (Phi) is 4.49. The summed E-state index contributed by atoms with van der Waals surface area (Å²) in [6.45, 7) is 4.81. The zero-order valence-electron chi connectivity index (χ0n) is 11.1. The third kappa shape index (κ3) is 3.64. The molecule has 0 bridgehead atoms. The summed E-state index contributed by atoms with van der Waals surface area (Å²) in [7, 11) is 0. The van der Waals surface area contributed by atoms with Crippen LogP contribution in [0.5, 0.6) is 0 Å². The van der Waals surface area contributed by atoms with E-state index in [0.717, 1.165) is 23.7 Å². The van der Waals surface area contributed by atoms with Gasteiger partial charge in [-0.05, 0) is 49.4 Å². The molecule has 2 rings (SSSR count). The molecule has 0 saturated heterocycles. The second-order valence-corrected chi connectivity index (χ2v) is 6.42. The molecule has 2 aliphatic carbocycles. The molecule has 0 heteroatoms. The number of allylic oxidation sites excluding steroid dienone is 2. The van der Waals surface area contributed by atoms with Crippen molar-refractivity contribution in [1.29, 1.82) is 0 Å². The van der Waals surface area contributed by atoms with E-state index >= 15 is 0 Å². The van der Waals surface area contributed by atoms with Crippen molar-refractivity contribution in [2.45, 2.75) is 65.2 Å². The van der Waals surface area contributed by atoms with E-state index in [1.807, 2.05) is 0 Å². The highest BCUT2D eigenvalue weighted by molar-refractivity contribution is 4.95. The lowest BCUT2D eigenvalue weighted by atomic mass is 9.80. The third-order valence-corrected chi connectivity index (χ3v) is 4.78. The van der Waals surface area contributed by atoms with Crippen LogP contribution in [0.1, 0.15) is 65.2 Å². The van der Waals surface area contributed by atoms with Crippen LogP contribution < -0.4 is 0 Å². The van der Waals surface area contributed by atoms with E-state index in [0.29, 0.717) is 0 Å². The van der Waals surface area contributed by atoms with Gasteiger partial charge >= 0.3 is 0 Å². The second kappa shape index (κ2) is 5.89. The van der Waals surface area contributed by atoms with Crippen molar-refractivity contribution < 1.29 is 0 Å². The molecule has 2 fully saturated rings. The van der Waals surface area contributed by atoms with Crippen molar-refractivity contribution in [3.63, 3.8) is 0 Å². The minimum Gasteiger partial charge on any atom is -0.0851 e. The van der Waals surface area contributed by atoms with E-state index in [-0.39, 0.29) is 0 Å². The maximum Gasteiger partial charge on any atom is -0.0233 e. The van der Waals surface area contributed by atoms with Crippen molar-refractivity contribution in [2.75, 3.05) is 0 Å². The molecular weight excluding hydrogens is 192 g/mol. The Balaban J connectivity index is 1.72. The van der Waals surface area contributed by atoms with Gasteiger partial charge in [0, 0.05) is 0 Å². The summed E-state index contributed by atoms with van der Waals surface area (Å²) in [5.74, 6) is 3.80. The van der Waals surface area contributed by atoms with E-state index in [4.69, 9.17) is 0 Å². The second-order valence-electron chi connectivity index (χ2n) is 6.42. The summed E-state index contributed by atoms with van der Waals surface area (Å²) in [5, 5.41) is 0. The maximum atomic E-state index is 2.56. The minimum atomic E-state index is 0.913. The van der Waals surface area contributed by atoms with Gasteiger partial charge in [-0.15, -0.1) is 0 Å². The van der Waals surface area contributed by atoms with E-state index in [9.17, 15) is 0 Å². The first-order valence-corrected chi connectivity index (χ1v) is 7.42. The predicted molar refractivity (Wildman–Crippen MR) is 71.4 cm³/mol. The zero-order chi connectivity index (χ0) is 11.4. The van der Waals surface area contributed by atoms with Crippen LogP contribution in [0, 0.1) is 23.7 Å². The van der Waals surface area contributed by atoms with Gasteiger partial charge in [0.05, 0.1) is 0 Å². The van der Waals surface area contributed by atoms with Crippen molar-refractivity contribution in [3.05, 3.63) is 12.2 Å². The largest absolute Gasteiger partial charge is 0.0851 e. The highest BCUT2D eigenvalue weighted by atomic mass is 14.2. The SMILES string of the molecule is CC1CCC(/C=C/C2CCC(C)CC2)CC1. The van der Waals surface area contributed by atoms with Gasteiger partial charge in [0.2, 0.25) is 0 Å². The Morgan fingerprint density at radius 3 is 1.19 bits per heavy atom. The average molecular weight is 220 g/mol. The van der Waals surface area contributed by atoms with Crippen molar-refractivity contribution in [1.82, 2.24) is 0 Å². The van der Waals surface area contributed by atoms with Crippen LogP contribution in [0.25, 0.3) is 0 Å². The van der Waals surface area contributed by atoms with Gasteiger partial charge in [-0.1, -0.05) is 51.7 Å². The summed E-state index contributed by atoms with van der Waals surface area (Å²) < 4.78 is 0. The number of hydrogen-bond donors (Lipinski definition) is 0. The Labute approximate surface area is 102 Å². The summed E-state index contributed by atoms with van der Waals surface area (Å²) in [5.41, 5.74) is 0. The lowest BCUT2D eigenvalue weighted by Crippen LogP contribution is -2.12. The van der Waals surface area contributed by atoms with E-state index in [2.05, 4.69) is 26.0 Å². The van der Waals surface area contributed by atoms with Crippen LogP contribution in [0.4, 0.5) is 0 Å². The van der Waals surface area contributed by atoms with Gasteiger partial charge in [-0.25, -0.2) is 0 Å². The molecular formula is C16H28. The van der Waals surface area contributed by atoms with Crippen LogP contribution >= 0.6 is 0 Å². The molecule has 0 aromatic carbocycles. The first-order chi connectivity index (χ1) is 7.74. The van der Waals surface area contributed by atoms with Gasteiger partial charge in [0.15, 0.2) is 0 Å². The predicted octanol–water partition coefficient (Wildman–Crippen LogP) is 5.20. The molecule has 0 nitrogen and oxygen atoms in total. The Morgan fingerprint density at radius 2 is 0.875 bits per heavy atom. The third-order valence-electron chi connectivity index (χ3n) is 4.78. The van der Waals surface area contributed by atoms with Gasteiger partial charge in [0.1, 0.15) is 0 Å². The fraction of sp³-hybridized carbons (Fsp3) is 0.875. The van der Waals surface area contributed by atoms with Crippen LogP contribution in [-0.4, -0.2) is 0 Å². The van der Waals surface area contributed by atoms with Crippen molar-refractivity contribution in [3.8, 4) is 0 Å². The summed E-state index contributed by atoms with van der Waals surface area (Å²) in [6, 6.07) is 0. The molecule has 0 aromatic heterocycles. The number of hydrogen-bond acceptors (Lipinski definition) is 0. The lowest BCUT2D eigenvalue weighted by molar-refractivity contribution is 0.318. The smallest absolute Gasteiger partial charge is 0.0233 e. The summed E-state index contributed by atoms with van der Waals surface area (Å²) in [6.07, 6.45) is 16.7. The quantitative estimate of drug-likeness (QED) is 0.561. The normalized spacial score (nSPS) is 41.4. The molecule has 0 heterocycles.